The molecule has 164 valence electrons. The summed E-state index contributed by atoms with van der Waals surface area (Å²) in [4.78, 5) is 17.6. The van der Waals surface area contributed by atoms with E-state index in [1.807, 2.05) is 12.1 Å². The highest BCUT2D eigenvalue weighted by molar-refractivity contribution is 7.15. The van der Waals surface area contributed by atoms with Crippen molar-refractivity contribution < 1.29 is 4.39 Å². The second-order valence-corrected chi connectivity index (χ2v) is 9.47. The summed E-state index contributed by atoms with van der Waals surface area (Å²) >= 11 is 1.65. The molecule has 1 aromatic carbocycles. The summed E-state index contributed by atoms with van der Waals surface area (Å²) in [6, 6.07) is 7.09. The molecular weight excluding hydrogens is 409 g/mol. The van der Waals surface area contributed by atoms with Crippen LogP contribution in [0, 0.1) is 12.7 Å². The van der Waals surface area contributed by atoms with Gasteiger partial charge in [0.05, 0.1) is 21.3 Å². The Hall–Kier alpha value is -2.38. The normalized spacial score (nSPS) is 14.9. The number of benzene rings is 1. The number of aromatic nitrogens is 3. The number of aryl methyl sites for hydroxylation is 1. The molecule has 1 aliphatic heterocycles. The maximum Gasteiger partial charge on any atom is 0.223 e. The zero-order valence-corrected chi connectivity index (χ0v) is 19.3. The van der Waals surface area contributed by atoms with E-state index >= 15 is 0 Å². The average molecular weight is 440 g/mol. The number of nitrogens with one attached hydrogen (secondary N) is 1. The fourth-order valence-electron chi connectivity index (χ4n) is 3.82. The average Bonchev–Trinajstić information content (AvgIpc) is 3.23. The van der Waals surface area contributed by atoms with E-state index in [0.29, 0.717) is 17.4 Å². The van der Waals surface area contributed by atoms with Gasteiger partial charge in [-0.15, -0.1) is 11.3 Å². The van der Waals surface area contributed by atoms with Crippen molar-refractivity contribution in [1.82, 2.24) is 19.9 Å². The summed E-state index contributed by atoms with van der Waals surface area (Å²) in [5, 5.41) is 4.42. The lowest BCUT2D eigenvalue weighted by molar-refractivity contribution is 0.237. The molecule has 1 aliphatic rings. The van der Waals surface area contributed by atoms with Gasteiger partial charge >= 0.3 is 0 Å². The number of hydrogen-bond acceptors (Lipinski definition) is 6. The molecule has 0 bridgehead atoms. The number of thiazole rings is 1. The molecule has 0 radical (unpaired) electrons. The third kappa shape index (κ3) is 5.28. The molecule has 0 saturated carbocycles. The number of likely N-dealkylation sites (tertiary alicyclic amines) is 1. The fraction of sp³-hybridized carbons (Fsp3) is 0.458. The molecule has 0 atom stereocenters. The Morgan fingerprint density at radius 1 is 1.13 bits per heavy atom. The molecule has 4 rings (SSSR count). The standard InChI is InChI=1S/C24H30FN5S/c1-16(2)23-29-21(18-7-8-19(25)17(3)15-18)22(31-23)20-9-10-26-24(28-20)27-11-14-30-12-5-4-6-13-30/h7-10,15-16H,4-6,11-14H2,1-3H3,(H,26,27,28). The van der Waals surface area contributed by atoms with Gasteiger partial charge in [-0.2, -0.15) is 0 Å². The van der Waals surface area contributed by atoms with E-state index in [1.165, 1.54) is 38.4 Å². The lowest BCUT2D eigenvalue weighted by Crippen LogP contribution is -2.33. The summed E-state index contributed by atoms with van der Waals surface area (Å²) in [6.07, 6.45) is 5.72. The first-order chi connectivity index (χ1) is 15.0. The second kappa shape index (κ2) is 9.83. The Morgan fingerprint density at radius 3 is 2.68 bits per heavy atom. The van der Waals surface area contributed by atoms with E-state index in [4.69, 9.17) is 9.97 Å². The maximum absolute atomic E-state index is 13.8. The highest BCUT2D eigenvalue weighted by atomic mass is 32.1. The molecule has 0 amide bonds. The van der Waals surface area contributed by atoms with E-state index in [9.17, 15) is 4.39 Å². The van der Waals surface area contributed by atoms with Crippen molar-refractivity contribution in [2.24, 2.45) is 0 Å². The van der Waals surface area contributed by atoms with Crippen molar-refractivity contribution >= 4 is 17.3 Å². The summed E-state index contributed by atoms with van der Waals surface area (Å²) in [6.45, 7) is 10.2. The number of hydrogen-bond donors (Lipinski definition) is 1. The Labute approximate surface area is 187 Å². The minimum absolute atomic E-state index is 0.202. The summed E-state index contributed by atoms with van der Waals surface area (Å²) in [5.74, 6) is 0.741. The van der Waals surface area contributed by atoms with Gasteiger partial charge in [-0.05, 0) is 62.7 Å². The van der Waals surface area contributed by atoms with Gasteiger partial charge in [0.2, 0.25) is 5.95 Å². The quantitative estimate of drug-likeness (QED) is 0.509. The Bertz CT molecular complexity index is 1030. The van der Waals surface area contributed by atoms with Crippen LogP contribution >= 0.6 is 11.3 Å². The van der Waals surface area contributed by atoms with Gasteiger partial charge in [0, 0.05) is 30.8 Å². The molecular formula is C24H30FN5S. The van der Waals surface area contributed by atoms with Gasteiger partial charge in [-0.25, -0.2) is 19.3 Å². The summed E-state index contributed by atoms with van der Waals surface area (Å²) < 4.78 is 13.8. The van der Waals surface area contributed by atoms with Crippen LogP contribution in [0.1, 0.15) is 49.6 Å². The maximum atomic E-state index is 13.8. The van der Waals surface area contributed by atoms with Crippen LogP contribution in [-0.4, -0.2) is 46.0 Å². The highest BCUT2D eigenvalue weighted by Gasteiger charge is 2.19. The predicted octanol–water partition coefficient (Wildman–Crippen LogP) is 5.74. The van der Waals surface area contributed by atoms with Crippen molar-refractivity contribution in [3.8, 4) is 21.8 Å². The highest BCUT2D eigenvalue weighted by Crippen LogP contribution is 2.38. The van der Waals surface area contributed by atoms with Crippen LogP contribution in [0.4, 0.5) is 10.3 Å². The van der Waals surface area contributed by atoms with Gasteiger partial charge in [-0.3, -0.25) is 0 Å². The minimum Gasteiger partial charge on any atom is -0.353 e. The smallest absolute Gasteiger partial charge is 0.223 e. The predicted molar refractivity (Wildman–Crippen MR) is 126 cm³/mol. The van der Waals surface area contributed by atoms with Crippen molar-refractivity contribution in [3.05, 3.63) is 46.9 Å². The minimum atomic E-state index is -0.202. The van der Waals surface area contributed by atoms with Crippen molar-refractivity contribution in [3.63, 3.8) is 0 Å². The first kappa shape index (κ1) is 21.8. The van der Waals surface area contributed by atoms with Gasteiger partial charge in [0.1, 0.15) is 5.82 Å². The Kier molecular flexibility index (Phi) is 6.92. The van der Waals surface area contributed by atoms with Crippen LogP contribution in [0.25, 0.3) is 21.8 Å². The monoisotopic (exact) mass is 439 g/mol. The Balaban J connectivity index is 1.58. The van der Waals surface area contributed by atoms with E-state index < -0.39 is 0 Å². The third-order valence-electron chi connectivity index (χ3n) is 5.62. The number of rotatable bonds is 7. The molecule has 31 heavy (non-hydrogen) atoms. The lowest BCUT2D eigenvalue weighted by Gasteiger charge is -2.26. The van der Waals surface area contributed by atoms with Crippen LogP contribution in [-0.2, 0) is 0 Å². The van der Waals surface area contributed by atoms with Gasteiger partial charge in [0.15, 0.2) is 0 Å². The van der Waals surface area contributed by atoms with Crippen molar-refractivity contribution in [1.29, 1.82) is 0 Å². The second-order valence-electron chi connectivity index (χ2n) is 8.44. The number of piperidine rings is 1. The van der Waals surface area contributed by atoms with E-state index in [0.717, 1.165) is 39.9 Å². The molecule has 1 N–H and O–H groups in total. The molecule has 3 aromatic rings. The summed E-state index contributed by atoms with van der Waals surface area (Å²) in [7, 11) is 0. The van der Waals surface area contributed by atoms with Crippen LogP contribution < -0.4 is 5.32 Å². The zero-order chi connectivity index (χ0) is 21.8. The van der Waals surface area contributed by atoms with Gasteiger partial charge in [-0.1, -0.05) is 20.3 Å². The zero-order valence-electron chi connectivity index (χ0n) is 18.5. The van der Waals surface area contributed by atoms with Gasteiger partial charge < -0.3 is 10.2 Å². The molecule has 2 aromatic heterocycles. The Morgan fingerprint density at radius 2 is 1.94 bits per heavy atom. The number of anilines is 1. The molecule has 3 heterocycles. The number of halogens is 1. The van der Waals surface area contributed by atoms with E-state index in [2.05, 4.69) is 29.0 Å². The molecule has 1 fully saturated rings. The largest absolute Gasteiger partial charge is 0.353 e. The molecule has 0 aliphatic carbocycles. The topological polar surface area (TPSA) is 53.9 Å². The van der Waals surface area contributed by atoms with Crippen molar-refractivity contribution in [2.45, 2.75) is 46.0 Å². The summed E-state index contributed by atoms with van der Waals surface area (Å²) in [5.41, 5.74) is 3.23. The number of nitrogens with zero attached hydrogens (tertiary/aromatic N) is 4. The van der Waals surface area contributed by atoms with Crippen LogP contribution in [0.2, 0.25) is 0 Å². The fourth-order valence-corrected chi connectivity index (χ4v) is 4.88. The third-order valence-corrected chi connectivity index (χ3v) is 7.00. The molecule has 1 saturated heterocycles. The molecule has 0 unspecified atom stereocenters. The van der Waals surface area contributed by atoms with Crippen molar-refractivity contribution in [2.75, 3.05) is 31.5 Å². The van der Waals surface area contributed by atoms with Crippen LogP contribution in [0.5, 0.6) is 0 Å². The molecule has 7 heteroatoms. The van der Waals surface area contributed by atoms with E-state index in [-0.39, 0.29) is 5.82 Å². The first-order valence-corrected chi connectivity index (χ1v) is 11.9. The lowest BCUT2D eigenvalue weighted by atomic mass is 10.1. The first-order valence-electron chi connectivity index (χ1n) is 11.1. The SMILES string of the molecule is Cc1cc(-c2nc(C(C)C)sc2-c2ccnc(NCCN3CCCCC3)n2)ccc1F. The molecule has 0 spiro atoms. The van der Waals surface area contributed by atoms with Gasteiger partial charge in [0.25, 0.3) is 0 Å². The molecule has 5 nitrogen and oxygen atoms in total. The van der Waals surface area contributed by atoms with Crippen LogP contribution in [0.15, 0.2) is 30.5 Å². The van der Waals surface area contributed by atoms with Crippen LogP contribution in [0.3, 0.4) is 0 Å². The van der Waals surface area contributed by atoms with E-state index in [1.54, 1.807) is 30.5 Å².